The lowest BCUT2D eigenvalue weighted by Gasteiger charge is -2.04. The first kappa shape index (κ1) is 14.7. The lowest BCUT2D eigenvalue weighted by Crippen LogP contribution is -2.14. The second-order valence-electron chi connectivity index (χ2n) is 3.98. The Morgan fingerprint density at radius 2 is 2.29 bits per heavy atom. The Balaban J connectivity index is 2.44. The van der Waals surface area contributed by atoms with Crippen molar-refractivity contribution in [1.82, 2.24) is 19.7 Å². The number of hydrogen-bond donors (Lipinski definition) is 2. The van der Waals surface area contributed by atoms with E-state index in [0.29, 0.717) is 11.0 Å². The van der Waals surface area contributed by atoms with Crippen LogP contribution in [0.4, 0.5) is 5.69 Å². The summed E-state index contributed by atoms with van der Waals surface area (Å²) in [4.78, 5) is 14.5. The van der Waals surface area contributed by atoms with Gasteiger partial charge >= 0.3 is 5.69 Å². The molecule has 0 aliphatic heterocycles. The number of oxime groups is 1. The molecule has 0 amide bonds. The summed E-state index contributed by atoms with van der Waals surface area (Å²) < 4.78 is 1.69. The number of hydrogen-bond acceptors (Lipinski definition) is 8. The Morgan fingerprint density at radius 1 is 1.57 bits per heavy atom. The first-order valence-electron chi connectivity index (χ1n) is 5.60. The molecule has 0 aliphatic rings. The fourth-order valence-corrected chi connectivity index (χ4v) is 2.28. The van der Waals surface area contributed by atoms with Crippen LogP contribution in [0, 0.1) is 17.0 Å². The van der Waals surface area contributed by atoms with E-state index in [-0.39, 0.29) is 22.1 Å². The third-order valence-corrected chi connectivity index (χ3v) is 3.72. The van der Waals surface area contributed by atoms with Crippen LogP contribution in [0.2, 0.25) is 0 Å². The highest BCUT2D eigenvalue weighted by Gasteiger charge is 2.21. The van der Waals surface area contributed by atoms with Crippen molar-refractivity contribution >= 4 is 23.3 Å². The monoisotopic (exact) mass is 309 g/mol. The van der Waals surface area contributed by atoms with Crippen molar-refractivity contribution in [3.05, 3.63) is 33.8 Å². The van der Waals surface area contributed by atoms with E-state index in [2.05, 4.69) is 20.3 Å². The normalized spacial score (nSPS) is 11.6. The second-order valence-corrected chi connectivity index (χ2v) is 4.94. The number of amidine groups is 1. The van der Waals surface area contributed by atoms with Gasteiger partial charge in [0, 0.05) is 24.9 Å². The number of rotatable bonds is 4. The van der Waals surface area contributed by atoms with E-state index in [0.717, 1.165) is 11.8 Å². The molecule has 2 aromatic heterocycles. The Labute approximate surface area is 122 Å². The number of pyridine rings is 1. The predicted octanol–water partition coefficient (Wildman–Crippen LogP) is 0.672. The van der Waals surface area contributed by atoms with Gasteiger partial charge in [0.1, 0.15) is 5.82 Å². The van der Waals surface area contributed by atoms with Crippen LogP contribution in [0.25, 0.3) is 0 Å². The van der Waals surface area contributed by atoms with Gasteiger partial charge in [0.15, 0.2) is 16.0 Å². The summed E-state index contributed by atoms with van der Waals surface area (Å²) >= 11 is 1.01. The van der Waals surface area contributed by atoms with Gasteiger partial charge < -0.3 is 15.5 Å². The molecule has 0 fully saturated rings. The Kier molecular flexibility index (Phi) is 4.03. The summed E-state index contributed by atoms with van der Waals surface area (Å²) in [7, 11) is 1.74. The molecule has 0 aliphatic carbocycles. The van der Waals surface area contributed by atoms with Crippen molar-refractivity contribution in [3.63, 3.8) is 0 Å². The van der Waals surface area contributed by atoms with Gasteiger partial charge in [0.2, 0.25) is 0 Å². The van der Waals surface area contributed by atoms with Gasteiger partial charge in [0.25, 0.3) is 0 Å². The van der Waals surface area contributed by atoms with E-state index < -0.39 is 4.92 Å². The molecular weight excluding hydrogens is 298 g/mol. The average Bonchev–Trinajstić information content (AvgIpc) is 2.78. The zero-order valence-corrected chi connectivity index (χ0v) is 11.9. The first-order chi connectivity index (χ1) is 9.93. The van der Waals surface area contributed by atoms with Gasteiger partial charge in [-0.05, 0) is 18.7 Å². The molecule has 0 aromatic carbocycles. The number of aryl methyl sites for hydroxylation is 1. The summed E-state index contributed by atoms with van der Waals surface area (Å²) in [6.45, 7) is 1.76. The van der Waals surface area contributed by atoms with Crippen LogP contribution >= 0.6 is 11.8 Å². The minimum atomic E-state index is -0.591. The summed E-state index contributed by atoms with van der Waals surface area (Å²) in [6.07, 6.45) is 1.29. The molecule has 2 rings (SSSR count). The molecule has 21 heavy (non-hydrogen) atoms. The van der Waals surface area contributed by atoms with Crippen molar-refractivity contribution in [3.8, 4) is 0 Å². The minimum Gasteiger partial charge on any atom is -0.409 e. The Bertz CT molecular complexity index is 727. The number of nitro groups is 1. The van der Waals surface area contributed by atoms with Crippen molar-refractivity contribution in [1.29, 1.82) is 0 Å². The van der Waals surface area contributed by atoms with E-state index in [1.54, 1.807) is 18.5 Å². The van der Waals surface area contributed by atoms with Crippen molar-refractivity contribution < 1.29 is 10.1 Å². The summed E-state index contributed by atoms with van der Waals surface area (Å²) in [5, 5.41) is 30.9. The summed E-state index contributed by atoms with van der Waals surface area (Å²) in [5.41, 5.74) is 5.29. The van der Waals surface area contributed by atoms with Crippen molar-refractivity contribution in [2.45, 2.75) is 17.1 Å². The van der Waals surface area contributed by atoms with Gasteiger partial charge in [0.05, 0.1) is 4.92 Å². The number of nitrogens with two attached hydrogens (primary N) is 1. The van der Waals surface area contributed by atoms with E-state index >= 15 is 0 Å². The fourth-order valence-electron chi connectivity index (χ4n) is 1.41. The first-order valence-corrected chi connectivity index (χ1v) is 6.42. The Hall–Kier alpha value is -2.69. The topological polar surface area (TPSA) is 145 Å². The van der Waals surface area contributed by atoms with Gasteiger partial charge in [-0.15, -0.1) is 10.2 Å². The molecule has 3 N–H and O–H groups in total. The maximum atomic E-state index is 11.1. The zero-order valence-electron chi connectivity index (χ0n) is 11.1. The molecule has 10 nitrogen and oxygen atoms in total. The minimum absolute atomic E-state index is 0.144. The fraction of sp³-hybridized carbons (Fsp3) is 0.200. The highest BCUT2D eigenvalue weighted by Crippen LogP contribution is 2.32. The lowest BCUT2D eigenvalue weighted by atomic mass is 10.2. The predicted molar refractivity (Wildman–Crippen MR) is 73.3 cm³/mol. The number of aromatic nitrogens is 4. The van der Waals surface area contributed by atoms with Crippen LogP contribution in [-0.2, 0) is 7.05 Å². The lowest BCUT2D eigenvalue weighted by molar-refractivity contribution is -0.388. The summed E-state index contributed by atoms with van der Waals surface area (Å²) in [5.74, 6) is 0.421. The average molecular weight is 309 g/mol. The van der Waals surface area contributed by atoms with Crippen LogP contribution in [0.5, 0.6) is 0 Å². The molecule has 110 valence electrons. The maximum Gasteiger partial charge on any atom is 0.302 e. The quantitative estimate of drug-likeness (QED) is 0.275. The van der Waals surface area contributed by atoms with E-state index in [1.807, 2.05) is 0 Å². The number of nitrogens with zero attached hydrogens (tertiary/aromatic N) is 6. The molecule has 0 atom stereocenters. The third-order valence-electron chi connectivity index (χ3n) is 2.67. The van der Waals surface area contributed by atoms with Crippen LogP contribution in [0.3, 0.4) is 0 Å². The molecule has 11 heteroatoms. The third kappa shape index (κ3) is 2.91. The van der Waals surface area contributed by atoms with Gasteiger partial charge in [-0.2, -0.15) is 0 Å². The molecule has 0 radical (unpaired) electrons. The zero-order chi connectivity index (χ0) is 15.6. The summed E-state index contributed by atoms with van der Waals surface area (Å²) in [6, 6.07) is 1.19. The van der Waals surface area contributed by atoms with Crippen LogP contribution in [0.1, 0.15) is 11.4 Å². The van der Waals surface area contributed by atoms with Gasteiger partial charge in [-0.25, -0.2) is 4.98 Å². The highest BCUT2D eigenvalue weighted by atomic mass is 32.2. The van der Waals surface area contributed by atoms with Crippen LogP contribution in [-0.4, -0.2) is 35.7 Å². The molecular formula is C10H11N7O3S. The second kappa shape index (κ2) is 5.75. The molecule has 0 saturated heterocycles. The molecule has 0 spiro atoms. The highest BCUT2D eigenvalue weighted by molar-refractivity contribution is 7.99. The van der Waals surface area contributed by atoms with Gasteiger partial charge in [-0.1, -0.05) is 5.16 Å². The van der Waals surface area contributed by atoms with E-state index in [1.165, 1.54) is 12.3 Å². The Morgan fingerprint density at radius 3 is 2.81 bits per heavy atom. The van der Waals surface area contributed by atoms with Crippen LogP contribution in [0.15, 0.2) is 27.6 Å². The smallest absolute Gasteiger partial charge is 0.302 e. The van der Waals surface area contributed by atoms with Crippen molar-refractivity contribution in [2.24, 2.45) is 17.9 Å². The van der Waals surface area contributed by atoms with Crippen LogP contribution < -0.4 is 5.73 Å². The molecule has 0 bridgehead atoms. The van der Waals surface area contributed by atoms with Gasteiger partial charge in [-0.3, -0.25) is 10.1 Å². The molecule has 2 heterocycles. The van der Waals surface area contributed by atoms with E-state index in [9.17, 15) is 10.1 Å². The van der Waals surface area contributed by atoms with E-state index in [4.69, 9.17) is 10.9 Å². The largest absolute Gasteiger partial charge is 0.409 e. The standard InChI is InChI=1S/C10H11N7O3S/c1-5-13-14-10(16(5)2)21-9-7(17(19)20)3-6(4-12-9)8(11)15-18/h3-4,18H,1-2H3,(H2,11,15). The SMILES string of the molecule is Cc1nnc(Sc2ncc(C(N)=NO)cc2[N+](=O)[O-])n1C. The molecule has 0 unspecified atom stereocenters. The maximum absolute atomic E-state index is 11.1. The van der Waals surface area contributed by atoms with Crippen molar-refractivity contribution in [2.75, 3.05) is 0 Å². The molecule has 2 aromatic rings. The molecule has 0 saturated carbocycles.